The highest BCUT2D eigenvalue weighted by molar-refractivity contribution is 6.61. The van der Waals surface area contributed by atoms with Crippen molar-refractivity contribution in [1.82, 2.24) is 15.0 Å². The standard InChI is InChI=1S/C14H18BN3O2/c1-13(2)14(3,4)20-15(19-13)11-7-5-6-10(18-11)12-16-8-9-17-12/h5-9H,1-4H3,(H,16,17). The fourth-order valence-corrected chi connectivity index (χ4v) is 2.08. The fourth-order valence-electron chi connectivity index (χ4n) is 2.08. The van der Waals surface area contributed by atoms with E-state index in [9.17, 15) is 0 Å². The molecule has 0 saturated carbocycles. The number of hydrogen-bond donors (Lipinski definition) is 1. The van der Waals surface area contributed by atoms with Gasteiger partial charge in [-0.1, -0.05) is 6.07 Å². The molecule has 0 spiro atoms. The number of rotatable bonds is 2. The maximum absolute atomic E-state index is 6.01. The molecule has 1 N–H and O–H groups in total. The minimum Gasteiger partial charge on any atom is -0.398 e. The first-order valence-electron chi connectivity index (χ1n) is 6.71. The Morgan fingerprint density at radius 1 is 1.10 bits per heavy atom. The van der Waals surface area contributed by atoms with E-state index in [1.807, 2.05) is 45.9 Å². The molecular weight excluding hydrogens is 253 g/mol. The van der Waals surface area contributed by atoms with Crippen molar-refractivity contribution in [3.8, 4) is 11.5 Å². The predicted molar refractivity (Wildman–Crippen MR) is 77.5 cm³/mol. The van der Waals surface area contributed by atoms with E-state index >= 15 is 0 Å². The first kappa shape index (κ1) is 13.3. The Hall–Kier alpha value is -1.66. The van der Waals surface area contributed by atoms with E-state index in [1.165, 1.54) is 0 Å². The summed E-state index contributed by atoms with van der Waals surface area (Å²) in [6.07, 6.45) is 3.48. The summed E-state index contributed by atoms with van der Waals surface area (Å²) in [5.74, 6) is 0.739. The maximum atomic E-state index is 6.01. The first-order chi connectivity index (χ1) is 9.39. The van der Waals surface area contributed by atoms with E-state index in [-0.39, 0.29) is 11.2 Å². The Bertz CT molecular complexity index is 595. The van der Waals surface area contributed by atoms with Crippen LogP contribution in [0.15, 0.2) is 30.6 Å². The molecule has 6 heteroatoms. The van der Waals surface area contributed by atoms with Crippen molar-refractivity contribution in [2.24, 2.45) is 0 Å². The molecule has 2 aromatic rings. The van der Waals surface area contributed by atoms with Crippen molar-refractivity contribution in [3.63, 3.8) is 0 Å². The molecule has 1 aliphatic rings. The molecule has 0 unspecified atom stereocenters. The Balaban J connectivity index is 1.91. The zero-order chi connectivity index (χ0) is 14.4. The van der Waals surface area contributed by atoms with Gasteiger partial charge in [-0.05, 0) is 39.8 Å². The summed E-state index contributed by atoms with van der Waals surface area (Å²) >= 11 is 0. The van der Waals surface area contributed by atoms with Gasteiger partial charge in [-0.2, -0.15) is 0 Å². The Kier molecular flexibility index (Phi) is 2.95. The monoisotopic (exact) mass is 271 g/mol. The van der Waals surface area contributed by atoms with Gasteiger partial charge in [0.2, 0.25) is 0 Å². The average Bonchev–Trinajstić information content (AvgIpc) is 2.97. The van der Waals surface area contributed by atoms with Crippen LogP contribution in [0.3, 0.4) is 0 Å². The fraction of sp³-hybridized carbons (Fsp3) is 0.429. The highest BCUT2D eigenvalue weighted by atomic mass is 16.7. The van der Waals surface area contributed by atoms with Crippen LogP contribution in [-0.2, 0) is 9.31 Å². The van der Waals surface area contributed by atoms with Crippen LogP contribution >= 0.6 is 0 Å². The van der Waals surface area contributed by atoms with Gasteiger partial charge in [0.1, 0.15) is 5.69 Å². The summed E-state index contributed by atoms with van der Waals surface area (Å²) in [4.78, 5) is 11.8. The lowest BCUT2D eigenvalue weighted by Crippen LogP contribution is -2.41. The van der Waals surface area contributed by atoms with Gasteiger partial charge >= 0.3 is 7.12 Å². The summed E-state index contributed by atoms with van der Waals surface area (Å²) in [6.45, 7) is 8.12. The quantitative estimate of drug-likeness (QED) is 0.846. The normalized spacial score (nSPS) is 20.3. The van der Waals surface area contributed by atoms with Crippen LogP contribution in [0.1, 0.15) is 27.7 Å². The van der Waals surface area contributed by atoms with Gasteiger partial charge in [0.15, 0.2) is 5.82 Å². The molecule has 20 heavy (non-hydrogen) atoms. The second-order valence-corrected chi connectivity index (χ2v) is 5.97. The summed E-state index contributed by atoms with van der Waals surface area (Å²) in [5, 5.41) is 0. The lowest BCUT2D eigenvalue weighted by molar-refractivity contribution is 0.00578. The summed E-state index contributed by atoms with van der Waals surface area (Å²) in [7, 11) is -0.449. The molecule has 0 aliphatic carbocycles. The van der Waals surface area contributed by atoms with Gasteiger partial charge in [0, 0.05) is 12.4 Å². The maximum Gasteiger partial charge on any atom is 0.514 e. The third-order valence-electron chi connectivity index (χ3n) is 4.01. The second-order valence-electron chi connectivity index (χ2n) is 5.97. The van der Waals surface area contributed by atoms with Gasteiger partial charge < -0.3 is 14.3 Å². The van der Waals surface area contributed by atoms with Gasteiger partial charge in [-0.25, -0.2) is 4.98 Å². The molecule has 0 aromatic carbocycles. The molecule has 1 saturated heterocycles. The van der Waals surface area contributed by atoms with Gasteiger partial charge in [0.25, 0.3) is 0 Å². The van der Waals surface area contributed by atoms with Crippen molar-refractivity contribution >= 4 is 12.7 Å². The van der Waals surface area contributed by atoms with Crippen LogP contribution in [0.2, 0.25) is 0 Å². The zero-order valence-corrected chi connectivity index (χ0v) is 12.2. The number of H-pyrrole nitrogens is 1. The molecule has 1 aliphatic heterocycles. The lowest BCUT2D eigenvalue weighted by Gasteiger charge is -2.32. The van der Waals surface area contributed by atoms with Crippen LogP contribution in [-0.4, -0.2) is 33.3 Å². The van der Waals surface area contributed by atoms with E-state index in [0.717, 1.165) is 17.1 Å². The van der Waals surface area contributed by atoms with E-state index in [0.29, 0.717) is 0 Å². The zero-order valence-electron chi connectivity index (χ0n) is 12.2. The Morgan fingerprint density at radius 3 is 2.40 bits per heavy atom. The predicted octanol–water partition coefficient (Wildman–Crippen LogP) is 1.77. The number of pyridine rings is 1. The summed E-state index contributed by atoms with van der Waals surface area (Å²) in [5.41, 5.74) is 0.819. The second kappa shape index (κ2) is 4.43. The van der Waals surface area contributed by atoms with E-state index < -0.39 is 7.12 Å². The molecule has 0 atom stereocenters. The van der Waals surface area contributed by atoms with Crippen molar-refractivity contribution in [2.45, 2.75) is 38.9 Å². The topological polar surface area (TPSA) is 60.0 Å². The Morgan fingerprint density at radius 2 is 1.80 bits per heavy atom. The number of aromatic nitrogens is 3. The van der Waals surface area contributed by atoms with Crippen molar-refractivity contribution < 1.29 is 9.31 Å². The van der Waals surface area contributed by atoms with Crippen LogP contribution in [0.5, 0.6) is 0 Å². The van der Waals surface area contributed by atoms with Crippen LogP contribution in [0.25, 0.3) is 11.5 Å². The molecule has 2 aromatic heterocycles. The van der Waals surface area contributed by atoms with E-state index in [4.69, 9.17) is 9.31 Å². The number of aromatic amines is 1. The number of hydrogen-bond acceptors (Lipinski definition) is 4. The average molecular weight is 271 g/mol. The summed E-state index contributed by atoms with van der Waals surface area (Å²) in [6, 6.07) is 5.76. The number of imidazole rings is 1. The smallest absolute Gasteiger partial charge is 0.398 e. The van der Waals surface area contributed by atoms with Crippen LogP contribution < -0.4 is 5.59 Å². The highest BCUT2D eigenvalue weighted by Gasteiger charge is 2.52. The minimum atomic E-state index is -0.449. The molecule has 3 rings (SSSR count). The first-order valence-corrected chi connectivity index (χ1v) is 6.71. The minimum absolute atomic E-state index is 0.361. The summed E-state index contributed by atoms with van der Waals surface area (Å²) < 4.78 is 12.0. The molecule has 1 fully saturated rings. The molecule has 104 valence electrons. The van der Waals surface area contributed by atoms with Crippen molar-refractivity contribution in [2.75, 3.05) is 0 Å². The van der Waals surface area contributed by atoms with Gasteiger partial charge in [-0.3, -0.25) is 4.98 Å². The molecule has 3 heterocycles. The third-order valence-corrected chi connectivity index (χ3v) is 4.01. The van der Waals surface area contributed by atoms with Gasteiger partial charge in [-0.15, -0.1) is 0 Å². The number of nitrogens with one attached hydrogen (secondary N) is 1. The largest absolute Gasteiger partial charge is 0.514 e. The molecule has 5 nitrogen and oxygen atoms in total. The Labute approximate surface area is 118 Å². The van der Waals surface area contributed by atoms with Crippen molar-refractivity contribution in [1.29, 1.82) is 0 Å². The molecule has 0 bridgehead atoms. The van der Waals surface area contributed by atoms with E-state index in [2.05, 4.69) is 15.0 Å². The third kappa shape index (κ3) is 2.15. The lowest BCUT2D eigenvalue weighted by atomic mass is 9.84. The number of nitrogens with zero attached hydrogens (tertiary/aromatic N) is 2. The van der Waals surface area contributed by atoms with Crippen LogP contribution in [0, 0.1) is 0 Å². The molecule has 0 amide bonds. The highest BCUT2D eigenvalue weighted by Crippen LogP contribution is 2.36. The van der Waals surface area contributed by atoms with Crippen LogP contribution in [0.4, 0.5) is 0 Å². The van der Waals surface area contributed by atoms with Crippen molar-refractivity contribution in [3.05, 3.63) is 30.6 Å². The molecular formula is C14H18BN3O2. The van der Waals surface area contributed by atoms with E-state index in [1.54, 1.807) is 12.4 Å². The SMILES string of the molecule is CC1(C)OB(c2cccc(-c3ncc[nH]3)n2)OC1(C)C. The molecule has 0 radical (unpaired) electrons. The van der Waals surface area contributed by atoms with Gasteiger partial charge in [0.05, 0.1) is 16.8 Å².